The van der Waals surface area contributed by atoms with E-state index in [0.717, 1.165) is 47.4 Å². The number of carbonyl (C=O) groups is 4. The quantitative estimate of drug-likeness (QED) is 0.0420. The predicted molar refractivity (Wildman–Crippen MR) is 419 cm³/mol. The van der Waals surface area contributed by atoms with Crippen molar-refractivity contribution in [3.63, 3.8) is 0 Å². The van der Waals surface area contributed by atoms with Crippen LogP contribution in [0, 0.1) is 11.8 Å². The van der Waals surface area contributed by atoms with Gasteiger partial charge in [-0.3, -0.25) is 14.4 Å². The van der Waals surface area contributed by atoms with Gasteiger partial charge in [0.15, 0.2) is 0 Å². The Morgan fingerprint density at radius 2 is 0.646 bits per heavy atom. The van der Waals surface area contributed by atoms with E-state index in [1.165, 1.54) is 0 Å². The molecular formula is C79H131N5O28S. The lowest BCUT2D eigenvalue weighted by Gasteiger charge is -2.26. The van der Waals surface area contributed by atoms with Crippen LogP contribution < -0.4 is 26.2 Å². The number of amides is 5. The molecule has 5 rings (SSSR count). The molecule has 2 aromatic carbocycles. The monoisotopic (exact) mass is 1630 g/mol. The molecule has 4 N–H and O–H groups in total. The van der Waals surface area contributed by atoms with Crippen molar-refractivity contribution in [1.29, 1.82) is 0 Å². The first-order chi connectivity index (χ1) is 56.0. The molecule has 0 spiro atoms. The maximum absolute atomic E-state index is 13.3. The fourth-order valence-electron chi connectivity index (χ4n) is 10.7. The van der Waals surface area contributed by atoms with Crippen LogP contribution in [-0.2, 0) is 135 Å². The molecule has 3 aliphatic heterocycles. The molecule has 0 saturated carbocycles. The van der Waals surface area contributed by atoms with Crippen molar-refractivity contribution in [1.82, 2.24) is 21.3 Å². The van der Waals surface area contributed by atoms with E-state index in [0.29, 0.717) is 335 Å². The van der Waals surface area contributed by atoms with E-state index in [-0.39, 0.29) is 61.8 Å². The topological polar surface area (TPSA) is 341 Å². The molecule has 5 amide bonds. The number of carbonyl (C=O) groups excluding carboxylic acids is 4. The van der Waals surface area contributed by atoms with Gasteiger partial charge in [-0.05, 0) is 36.6 Å². The normalized spacial score (nSPS) is 15.0. The zero-order valence-corrected chi connectivity index (χ0v) is 67.5. The highest BCUT2D eigenvalue weighted by Crippen LogP contribution is 2.33. The van der Waals surface area contributed by atoms with Crippen molar-refractivity contribution >= 4 is 41.2 Å². The number of hydrogen-bond acceptors (Lipinski definition) is 29. The summed E-state index contributed by atoms with van der Waals surface area (Å²) in [5.41, 5.74) is 3.44. The van der Waals surface area contributed by atoms with E-state index in [1.54, 1.807) is 4.90 Å². The highest BCUT2D eigenvalue weighted by Gasteiger charge is 2.42. The standard InChI is InChI=1S/C79H131N5O28S/c85-75(12-6-5-11-74-78-72(68-113-74)82-79(88)83-78)81-18-20-90-22-24-92-26-28-94-30-32-96-34-36-98-38-40-100-42-44-102-46-48-104-50-52-106-54-56-108-58-60-110-62-64-112-66-65-111-63-61-109-59-57-107-55-53-105-51-49-103-47-45-101-43-41-99-39-37-97-35-33-95-31-29-93-27-25-91-23-21-89-19-16-76(86)80-17-15-77(87)84-67-71-9-2-1-7-69(71)13-14-70-8-3-4-10-73(70)84/h1-4,7-10,72,74,78H,5-6,11-12,15-68H2,(H,80,86)(H,81,85)(H2,82,83,88)/t72-,74-,78-/m0/s1. The number of urea groups is 1. The van der Waals surface area contributed by atoms with Crippen LogP contribution in [0.5, 0.6) is 0 Å². The first-order valence-corrected chi connectivity index (χ1v) is 41.1. The summed E-state index contributed by atoms with van der Waals surface area (Å²) in [7, 11) is 0. The lowest BCUT2D eigenvalue weighted by Crippen LogP contribution is -2.36. The average molecular weight is 1630 g/mol. The number of unbranched alkanes of at least 4 members (excludes halogenated alkanes) is 1. The first kappa shape index (κ1) is 98.6. The maximum atomic E-state index is 13.3. The Bertz CT molecular complexity index is 2680. The molecule has 0 aromatic heterocycles. The molecule has 2 saturated heterocycles. The molecule has 3 aliphatic rings. The number of nitrogens with one attached hydrogen (secondary N) is 4. The van der Waals surface area contributed by atoms with Gasteiger partial charge in [0.05, 0.1) is 341 Å². The van der Waals surface area contributed by atoms with Gasteiger partial charge in [0.2, 0.25) is 17.7 Å². The SMILES string of the molecule is O=C(CCCC[C@@H]1SC[C@@H]2NC(=O)N[C@@H]21)NCCOCCOCCOCCOCCOCCOCCOCCOCCOCCOCCOCCOCCOCCOCCOCCOCCOCCOCCOCCOCCOCCOCCOCCOCCC(=O)NCCC(=O)N1Cc2ccccc2C#Cc2ccccc21. The van der Waals surface area contributed by atoms with E-state index in [1.807, 2.05) is 60.3 Å². The Kier molecular flexibility index (Phi) is 64.1. The molecule has 3 atom stereocenters. The zero-order chi connectivity index (χ0) is 79.5. The summed E-state index contributed by atoms with van der Waals surface area (Å²) in [5, 5.41) is 12.1. The van der Waals surface area contributed by atoms with Gasteiger partial charge in [-0.15, -0.1) is 0 Å². The van der Waals surface area contributed by atoms with Crippen molar-refractivity contribution in [3.05, 3.63) is 65.2 Å². The first-order valence-electron chi connectivity index (χ1n) is 40.0. The fraction of sp³-hybridized carbons (Fsp3) is 0.772. The summed E-state index contributed by atoms with van der Waals surface area (Å²) in [6.45, 7) is 23.0. The number of hydrogen-bond donors (Lipinski definition) is 4. The third-order valence-electron chi connectivity index (χ3n) is 16.5. The van der Waals surface area contributed by atoms with E-state index < -0.39 is 0 Å². The third kappa shape index (κ3) is 55.4. The summed E-state index contributed by atoms with van der Waals surface area (Å²) < 4.78 is 133. The van der Waals surface area contributed by atoms with Crippen molar-refractivity contribution in [2.24, 2.45) is 0 Å². The number of rotatable bonds is 83. The molecule has 34 heteroatoms. The number of benzene rings is 2. The van der Waals surface area contributed by atoms with Gasteiger partial charge in [0.1, 0.15) is 0 Å². The number of thioether (sulfide) groups is 1. The predicted octanol–water partition coefficient (Wildman–Crippen LogP) is 3.07. The lowest BCUT2D eigenvalue weighted by molar-refractivity contribution is -0.123. The lowest BCUT2D eigenvalue weighted by atomic mass is 10.0. The molecule has 2 fully saturated rings. The van der Waals surface area contributed by atoms with Crippen LogP contribution in [0.3, 0.4) is 0 Å². The van der Waals surface area contributed by atoms with E-state index in [2.05, 4.69) is 33.1 Å². The molecular weight excluding hydrogens is 1500 g/mol. The van der Waals surface area contributed by atoms with Gasteiger partial charge in [0, 0.05) is 54.5 Å². The maximum Gasteiger partial charge on any atom is 0.315 e. The smallest absolute Gasteiger partial charge is 0.315 e. The number of ether oxygens (including phenoxy) is 24. The van der Waals surface area contributed by atoms with Crippen molar-refractivity contribution < 1.29 is 133 Å². The van der Waals surface area contributed by atoms with Crippen molar-refractivity contribution in [2.45, 2.75) is 62.4 Å². The Morgan fingerprint density at radius 1 is 0.345 bits per heavy atom. The highest BCUT2D eigenvalue weighted by molar-refractivity contribution is 8.00. The fourth-order valence-corrected chi connectivity index (χ4v) is 12.2. The second-order valence-electron chi connectivity index (χ2n) is 25.2. The van der Waals surface area contributed by atoms with Crippen LogP contribution in [-0.4, -0.2) is 377 Å². The molecule has 0 radical (unpaired) electrons. The molecule has 113 heavy (non-hydrogen) atoms. The van der Waals surface area contributed by atoms with Gasteiger partial charge in [0.25, 0.3) is 0 Å². The minimum absolute atomic E-state index is 0.0353. The minimum atomic E-state index is -0.180. The van der Waals surface area contributed by atoms with Gasteiger partial charge in [-0.2, -0.15) is 11.8 Å². The van der Waals surface area contributed by atoms with Crippen LogP contribution in [0.4, 0.5) is 10.5 Å². The van der Waals surface area contributed by atoms with Crippen molar-refractivity contribution in [3.8, 4) is 11.8 Å². The van der Waals surface area contributed by atoms with Gasteiger partial charge >= 0.3 is 6.03 Å². The molecule has 33 nitrogen and oxygen atoms in total. The van der Waals surface area contributed by atoms with Crippen LogP contribution in [0.2, 0.25) is 0 Å². The van der Waals surface area contributed by atoms with Crippen LogP contribution in [0.15, 0.2) is 48.5 Å². The van der Waals surface area contributed by atoms with Crippen LogP contribution in [0.1, 0.15) is 55.2 Å². The minimum Gasteiger partial charge on any atom is -0.379 e. The molecule has 0 bridgehead atoms. The van der Waals surface area contributed by atoms with E-state index >= 15 is 0 Å². The number of fused-ring (bicyclic) bond motifs is 3. The summed E-state index contributed by atoms with van der Waals surface area (Å²) in [4.78, 5) is 51.1. The number of anilines is 1. The van der Waals surface area contributed by atoms with Crippen LogP contribution in [0.25, 0.3) is 0 Å². The Hall–Kier alpha value is -4.93. The molecule has 0 aliphatic carbocycles. The van der Waals surface area contributed by atoms with Gasteiger partial charge in [-0.25, -0.2) is 4.79 Å². The van der Waals surface area contributed by atoms with E-state index in [9.17, 15) is 19.2 Å². The van der Waals surface area contributed by atoms with E-state index in [4.69, 9.17) is 114 Å². The second kappa shape index (κ2) is 73.4. The molecule has 3 heterocycles. The molecule has 0 unspecified atom stereocenters. The molecule has 646 valence electrons. The summed E-state index contributed by atoms with van der Waals surface area (Å²) in [5.74, 6) is 7.14. The van der Waals surface area contributed by atoms with Gasteiger partial charge < -0.3 is 140 Å². The Balaban J connectivity index is 0.590. The summed E-state index contributed by atoms with van der Waals surface area (Å²) in [6, 6.07) is 15.8. The second-order valence-corrected chi connectivity index (χ2v) is 26.4. The summed E-state index contributed by atoms with van der Waals surface area (Å²) in [6.07, 6.45) is 3.65. The highest BCUT2D eigenvalue weighted by atomic mass is 32.2. The van der Waals surface area contributed by atoms with Crippen molar-refractivity contribution in [2.75, 3.05) is 341 Å². The number of nitrogens with zero attached hydrogens (tertiary/aromatic N) is 1. The summed E-state index contributed by atoms with van der Waals surface area (Å²) >= 11 is 1.90. The van der Waals surface area contributed by atoms with Crippen LogP contribution >= 0.6 is 11.8 Å². The third-order valence-corrected chi connectivity index (χ3v) is 18.0. The Labute approximate surface area is 672 Å². The zero-order valence-electron chi connectivity index (χ0n) is 66.6. The van der Waals surface area contributed by atoms with Gasteiger partial charge in [-0.1, -0.05) is 48.6 Å². The average Bonchev–Trinajstić information content (AvgIpc) is 1.50. The largest absolute Gasteiger partial charge is 0.379 e. The Morgan fingerprint density at radius 3 is 1.02 bits per heavy atom. The molecule has 2 aromatic rings. The number of para-hydroxylation sites is 1.